The summed E-state index contributed by atoms with van der Waals surface area (Å²) in [5, 5.41) is 25.7. The first-order chi connectivity index (χ1) is 10.0. The van der Waals surface area contributed by atoms with Crippen LogP contribution in [0.3, 0.4) is 0 Å². The van der Waals surface area contributed by atoms with E-state index in [1.165, 1.54) is 0 Å². The number of aromatic nitrogens is 4. The second-order valence-electron chi connectivity index (χ2n) is 6.15. The largest absolute Gasteiger partial charge is 0.396 e. The summed E-state index contributed by atoms with van der Waals surface area (Å²) < 4.78 is 1.74. The molecule has 2 heterocycles. The lowest BCUT2D eigenvalue weighted by molar-refractivity contribution is 0.127. The van der Waals surface area contributed by atoms with Gasteiger partial charge in [-0.3, -0.25) is 0 Å². The minimum atomic E-state index is 0.187. The van der Waals surface area contributed by atoms with Crippen molar-refractivity contribution in [3.8, 4) is 0 Å². The molecule has 6 heteroatoms. The Morgan fingerprint density at radius 1 is 1.19 bits per heavy atom. The van der Waals surface area contributed by atoms with Gasteiger partial charge < -0.3 is 10.4 Å². The van der Waals surface area contributed by atoms with Crippen LogP contribution in [0.2, 0.25) is 0 Å². The van der Waals surface area contributed by atoms with Crippen molar-refractivity contribution in [1.82, 2.24) is 25.1 Å². The SMILES string of the molecule is CC(C)C(CO)C(NCc1nnc2cccnn12)C(C)C. The van der Waals surface area contributed by atoms with Crippen LogP contribution in [-0.2, 0) is 6.54 Å². The zero-order valence-corrected chi connectivity index (χ0v) is 13.2. The molecule has 0 amide bonds. The van der Waals surface area contributed by atoms with Crippen LogP contribution in [0.1, 0.15) is 33.5 Å². The van der Waals surface area contributed by atoms with Gasteiger partial charge in [-0.2, -0.15) is 9.61 Å². The molecule has 0 aliphatic heterocycles. The van der Waals surface area contributed by atoms with Gasteiger partial charge in [0.15, 0.2) is 11.5 Å². The molecule has 2 atom stereocenters. The predicted octanol–water partition coefficient (Wildman–Crippen LogP) is 1.50. The van der Waals surface area contributed by atoms with E-state index in [0.717, 1.165) is 11.5 Å². The van der Waals surface area contributed by atoms with E-state index in [1.54, 1.807) is 10.7 Å². The highest BCUT2D eigenvalue weighted by Crippen LogP contribution is 2.21. The van der Waals surface area contributed by atoms with Gasteiger partial charge in [0.2, 0.25) is 0 Å². The lowest BCUT2D eigenvalue weighted by Crippen LogP contribution is -2.44. The Morgan fingerprint density at radius 3 is 2.57 bits per heavy atom. The summed E-state index contributed by atoms with van der Waals surface area (Å²) in [4.78, 5) is 0. The summed E-state index contributed by atoms with van der Waals surface area (Å²) in [6.07, 6.45) is 1.73. The van der Waals surface area contributed by atoms with Gasteiger partial charge in [0, 0.05) is 18.8 Å². The van der Waals surface area contributed by atoms with Crippen LogP contribution in [0.15, 0.2) is 18.3 Å². The third kappa shape index (κ3) is 3.57. The summed E-state index contributed by atoms with van der Waals surface area (Å²) >= 11 is 0. The zero-order chi connectivity index (χ0) is 15.4. The molecule has 0 aliphatic carbocycles. The van der Waals surface area contributed by atoms with Crippen LogP contribution in [0, 0.1) is 17.8 Å². The molecular weight excluding hydrogens is 266 g/mol. The number of aliphatic hydroxyl groups is 1. The van der Waals surface area contributed by atoms with E-state index in [2.05, 4.69) is 48.3 Å². The molecular formula is C15H25N5O. The predicted molar refractivity (Wildman–Crippen MR) is 81.7 cm³/mol. The summed E-state index contributed by atoms with van der Waals surface area (Å²) in [6.45, 7) is 9.40. The maximum atomic E-state index is 9.66. The number of rotatable bonds is 7. The smallest absolute Gasteiger partial charge is 0.177 e. The summed E-state index contributed by atoms with van der Waals surface area (Å²) in [5.74, 6) is 1.86. The van der Waals surface area contributed by atoms with Crippen molar-refractivity contribution in [2.75, 3.05) is 6.61 Å². The molecule has 6 nitrogen and oxygen atoms in total. The Balaban J connectivity index is 2.11. The summed E-state index contributed by atoms with van der Waals surface area (Å²) in [6, 6.07) is 3.96. The molecule has 2 rings (SSSR count). The van der Waals surface area contributed by atoms with Crippen LogP contribution in [0.25, 0.3) is 5.65 Å². The number of aliphatic hydroxyl groups excluding tert-OH is 1. The molecule has 0 saturated heterocycles. The van der Waals surface area contributed by atoms with E-state index >= 15 is 0 Å². The Hall–Kier alpha value is -1.53. The Labute approximate surface area is 125 Å². The number of nitrogens with zero attached hydrogens (tertiary/aromatic N) is 4. The van der Waals surface area contributed by atoms with Crippen LogP contribution < -0.4 is 5.32 Å². The lowest BCUT2D eigenvalue weighted by atomic mass is 9.83. The minimum absolute atomic E-state index is 0.187. The van der Waals surface area contributed by atoms with Gasteiger partial charge in [-0.15, -0.1) is 10.2 Å². The molecule has 0 bridgehead atoms. The quantitative estimate of drug-likeness (QED) is 0.808. The topological polar surface area (TPSA) is 75.3 Å². The van der Waals surface area contributed by atoms with E-state index in [1.807, 2.05) is 12.1 Å². The second kappa shape index (κ2) is 6.95. The molecule has 21 heavy (non-hydrogen) atoms. The third-order valence-electron chi connectivity index (χ3n) is 3.99. The Kier molecular flexibility index (Phi) is 5.25. The van der Waals surface area contributed by atoms with Gasteiger partial charge in [-0.1, -0.05) is 27.7 Å². The first-order valence-corrected chi connectivity index (χ1v) is 7.54. The van der Waals surface area contributed by atoms with Crippen molar-refractivity contribution in [2.45, 2.75) is 40.3 Å². The fourth-order valence-electron chi connectivity index (χ4n) is 2.73. The summed E-state index contributed by atoms with van der Waals surface area (Å²) in [7, 11) is 0. The number of fused-ring (bicyclic) bond motifs is 1. The fraction of sp³-hybridized carbons (Fsp3) is 0.667. The first-order valence-electron chi connectivity index (χ1n) is 7.54. The monoisotopic (exact) mass is 291 g/mol. The van der Waals surface area contributed by atoms with Crippen molar-refractivity contribution in [1.29, 1.82) is 0 Å². The molecule has 2 unspecified atom stereocenters. The van der Waals surface area contributed by atoms with E-state index in [0.29, 0.717) is 18.4 Å². The lowest BCUT2D eigenvalue weighted by Gasteiger charge is -2.32. The molecule has 0 saturated carbocycles. The van der Waals surface area contributed by atoms with Crippen LogP contribution in [0.4, 0.5) is 0 Å². The average molecular weight is 291 g/mol. The van der Waals surface area contributed by atoms with Crippen molar-refractivity contribution in [3.05, 3.63) is 24.2 Å². The highest BCUT2D eigenvalue weighted by molar-refractivity contribution is 5.34. The zero-order valence-electron chi connectivity index (χ0n) is 13.2. The van der Waals surface area contributed by atoms with Crippen molar-refractivity contribution in [3.63, 3.8) is 0 Å². The van der Waals surface area contributed by atoms with Gasteiger partial charge in [0.1, 0.15) is 0 Å². The highest BCUT2D eigenvalue weighted by atomic mass is 16.3. The molecule has 2 aromatic heterocycles. The molecule has 0 radical (unpaired) electrons. The molecule has 0 aliphatic rings. The number of hydrogen-bond donors (Lipinski definition) is 2. The minimum Gasteiger partial charge on any atom is -0.396 e. The standard InChI is InChI=1S/C15H25N5O/c1-10(2)12(9-21)15(11(3)4)16-8-14-19-18-13-6-5-7-17-20(13)14/h5-7,10-12,15-16,21H,8-9H2,1-4H3. The molecule has 2 aromatic rings. The van der Waals surface area contributed by atoms with Crippen molar-refractivity contribution >= 4 is 5.65 Å². The molecule has 0 spiro atoms. The first kappa shape index (κ1) is 15.9. The molecule has 0 aromatic carbocycles. The third-order valence-corrected chi connectivity index (χ3v) is 3.99. The van der Waals surface area contributed by atoms with E-state index in [4.69, 9.17) is 0 Å². The molecule has 116 valence electrons. The Morgan fingerprint density at radius 2 is 1.95 bits per heavy atom. The van der Waals surface area contributed by atoms with Crippen LogP contribution in [-0.4, -0.2) is 37.6 Å². The maximum absolute atomic E-state index is 9.66. The average Bonchev–Trinajstić information content (AvgIpc) is 2.86. The number of nitrogens with one attached hydrogen (secondary N) is 1. The van der Waals surface area contributed by atoms with Gasteiger partial charge >= 0.3 is 0 Å². The van der Waals surface area contributed by atoms with E-state index < -0.39 is 0 Å². The normalized spacial score (nSPS) is 15.0. The van der Waals surface area contributed by atoms with E-state index in [9.17, 15) is 5.11 Å². The fourth-order valence-corrected chi connectivity index (χ4v) is 2.73. The van der Waals surface area contributed by atoms with Crippen molar-refractivity contribution in [2.24, 2.45) is 17.8 Å². The molecule has 2 N–H and O–H groups in total. The van der Waals surface area contributed by atoms with Crippen LogP contribution >= 0.6 is 0 Å². The van der Waals surface area contributed by atoms with Gasteiger partial charge in [0.05, 0.1) is 6.54 Å². The van der Waals surface area contributed by atoms with Crippen LogP contribution in [0.5, 0.6) is 0 Å². The molecule has 0 fully saturated rings. The highest BCUT2D eigenvalue weighted by Gasteiger charge is 2.26. The second-order valence-corrected chi connectivity index (χ2v) is 6.15. The van der Waals surface area contributed by atoms with Gasteiger partial charge in [-0.05, 0) is 29.9 Å². The maximum Gasteiger partial charge on any atom is 0.177 e. The Bertz CT molecular complexity index is 566. The van der Waals surface area contributed by atoms with Gasteiger partial charge in [-0.25, -0.2) is 0 Å². The summed E-state index contributed by atoms with van der Waals surface area (Å²) in [5.41, 5.74) is 0.748. The van der Waals surface area contributed by atoms with Gasteiger partial charge in [0.25, 0.3) is 0 Å². The van der Waals surface area contributed by atoms with E-state index in [-0.39, 0.29) is 18.6 Å². The van der Waals surface area contributed by atoms with Crippen molar-refractivity contribution < 1.29 is 5.11 Å². The number of hydrogen-bond acceptors (Lipinski definition) is 5.